The third kappa shape index (κ3) is 1.68. The van der Waals surface area contributed by atoms with Gasteiger partial charge in [0.1, 0.15) is 0 Å². The Hall–Kier alpha value is -1.13. The second-order valence-electron chi connectivity index (χ2n) is 4.36. The number of nitrogens with zero attached hydrogens (tertiary/aromatic N) is 1. The normalized spacial score (nSPS) is 24.1. The van der Waals surface area contributed by atoms with Gasteiger partial charge in [0.25, 0.3) is 0 Å². The number of hydrogen-bond acceptors (Lipinski definition) is 2. The lowest BCUT2D eigenvalue weighted by molar-refractivity contribution is 0.322. The molecule has 2 aliphatic heterocycles. The summed E-state index contributed by atoms with van der Waals surface area (Å²) >= 11 is 5.43. The van der Waals surface area contributed by atoms with Gasteiger partial charge in [-0.25, -0.2) is 0 Å². The van der Waals surface area contributed by atoms with Crippen LogP contribution in [0.4, 0.5) is 5.69 Å². The Kier molecular flexibility index (Phi) is 2.53. The van der Waals surface area contributed by atoms with Crippen LogP contribution < -0.4 is 10.6 Å². The van der Waals surface area contributed by atoms with Crippen molar-refractivity contribution in [3.05, 3.63) is 29.8 Å². The van der Waals surface area contributed by atoms with E-state index in [0.717, 1.165) is 30.4 Å². The van der Waals surface area contributed by atoms with E-state index in [-0.39, 0.29) is 0 Å². The third-order valence-corrected chi connectivity index (χ3v) is 3.67. The maximum absolute atomic E-state index is 5.43. The molecule has 3 rings (SSSR count). The van der Waals surface area contributed by atoms with E-state index in [9.17, 15) is 0 Å². The predicted octanol–water partition coefficient (Wildman–Crippen LogP) is 1.56. The average Bonchev–Trinajstić information content (AvgIpc) is 2.81. The van der Waals surface area contributed by atoms with Gasteiger partial charge in [0.05, 0.1) is 0 Å². The first kappa shape index (κ1) is 10.1. The molecular weight excluding hydrogens is 218 g/mol. The summed E-state index contributed by atoms with van der Waals surface area (Å²) < 4.78 is 0. The molecule has 84 valence electrons. The fraction of sp³-hybridized carbons (Fsp3) is 0.417. The van der Waals surface area contributed by atoms with E-state index >= 15 is 0 Å². The molecule has 0 amide bonds. The molecule has 0 aromatic heterocycles. The number of para-hydroxylation sites is 1. The Morgan fingerprint density at radius 3 is 3.00 bits per heavy atom. The van der Waals surface area contributed by atoms with Crippen molar-refractivity contribution in [2.75, 3.05) is 18.4 Å². The maximum atomic E-state index is 5.43. The van der Waals surface area contributed by atoms with Gasteiger partial charge in [0, 0.05) is 24.8 Å². The van der Waals surface area contributed by atoms with Crippen molar-refractivity contribution in [2.45, 2.75) is 19.0 Å². The molecule has 0 aliphatic carbocycles. The molecule has 1 fully saturated rings. The monoisotopic (exact) mass is 233 g/mol. The molecule has 2 heterocycles. The van der Waals surface area contributed by atoms with E-state index in [0.29, 0.717) is 6.04 Å². The molecule has 3 nitrogen and oxygen atoms in total. The smallest absolute Gasteiger partial charge is 0.174 e. The van der Waals surface area contributed by atoms with Crippen LogP contribution in [0.5, 0.6) is 0 Å². The van der Waals surface area contributed by atoms with Gasteiger partial charge in [0.15, 0.2) is 5.11 Å². The summed E-state index contributed by atoms with van der Waals surface area (Å²) in [5.74, 6) is 0. The predicted molar refractivity (Wildman–Crippen MR) is 69.5 cm³/mol. The van der Waals surface area contributed by atoms with E-state index in [1.807, 2.05) is 6.07 Å². The number of rotatable bonds is 1. The molecule has 16 heavy (non-hydrogen) atoms. The Morgan fingerprint density at radius 1 is 1.31 bits per heavy atom. The summed E-state index contributed by atoms with van der Waals surface area (Å²) in [6, 6.07) is 8.93. The Morgan fingerprint density at radius 2 is 2.19 bits per heavy atom. The first-order valence-electron chi connectivity index (χ1n) is 5.71. The SMILES string of the molecule is S=C1Nc2ccccc2CN1C1CCNC1. The van der Waals surface area contributed by atoms with Crippen molar-refractivity contribution < 1.29 is 0 Å². The van der Waals surface area contributed by atoms with Crippen LogP contribution in [0, 0.1) is 0 Å². The second-order valence-corrected chi connectivity index (χ2v) is 4.75. The lowest BCUT2D eigenvalue weighted by atomic mass is 10.1. The zero-order valence-electron chi connectivity index (χ0n) is 9.07. The van der Waals surface area contributed by atoms with E-state index in [4.69, 9.17) is 12.2 Å². The first-order valence-corrected chi connectivity index (χ1v) is 6.11. The van der Waals surface area contributed by atoms with Gasteiger partial charge in [0.2, 0.25) is 0 Å². The molecule has 0 saturated carbocycles. The topological polar surface area (TPSA) is 27.3 Å². The summed E-state index contributed by atoms with van der Waals surface area (Å²) in [6.45, 7) is 3.09. The van der Waals surface area contributed by atoms with E-state index in [1.165, 1.54) is 12.0 Å². The minimum absolute atomic E-state index is 0.549. The standard InChI is InChI=1S/C12H15N3S/c16-12-14-11-4-2-1-3-9(11)8-15(12)10-5-6-13-7-10/h1-4,10,13H,5-8H2,(H,14,16). The molecule has 1 saturated heterocycles. The van der Waals surface area contributed by atoms with Crippen molar-refractivity contribution in [1.82, 2.24) is 10.2 Å². The van der Waals surface area contributed by atoms with Crippen LogP contribution in [-0.4, -0.2) is 29.1 Å². The van der Waals surface area contributed by atoms with Gasteiger partial charge < -0.3 is 15.5 Å². The highest BCUT2D eigenvalue weighted by molar-refractivity contribution is 7.80. The zero-order valence-corrected chi connectivity index (χ0v) is 9.89. The van der Waals surface area contributed by atoms with Crippen LogP contribution in [0.25, 0.3) is 0 Å². The minimum atomic E-state index is 0.549. The summed E-state index contributed by atoms with van der Waals surface area (Å²) in [5.41, 5.74) is 2.50. The summed E-state index contributed by atoms with van der Waals surface area (Å²) in [6.07, 6.45) is 1.18. The highest BCUT2D eigenvalue weighted by atomic mass is 32.1. The highest BCUT2D eigenvalue weighted by Gasteiger charge is 2.28. The highest BCUT2D eigenvalue weighted by Crippen LogP contribution is 2.25. The lowest BCUT2D eigenvalue weighted by Crippen LogP contribution is -2.45. The van der Waals surface area contributed by atoms with Crippen LogP contribution in [-0.2, 0) is 6.54 Å². The van der Waals surface area contributed by atoms with Crippen molar-refractivity contribution in [2.24, 2.45) is 0 Å². The lowest BCUT2D eigenvalue weighted by Gasteiger charge is -2.36. The van der Waals surface area contributed by atoms with Crippen LogP contribution in [0.3, 0.4) is 0 Å². The van der Waals surface area contributed by atoms with Crippen molar-refractivity contribution in [3.63, 3.8) is 0 Å². The summed E-state index contributed by atoms with van der Waals surface area (Å²) in [5, 5.41) is 7.57. The number of thiocarbonyl (C=S) groups is 1. The van der Waals surface area contributed by atoms with Crippen molar-refractivity contribution in [1.29, 1.82) is 0 Å². The van der Waals surface area contributed by atoms with Gasteiger partial charge in [-0.1, -0.05) is 18.2 Å². The van der Waals surface area contributed by atoms with Gasteiger partial charge in [-0.15, -0.1) is 0 Å². The maximum Gasteiger partial charge on any atom is 0.174 e. The van der Waals surface area contributed by atoms with Crippen molar-refractivity contribution in [3.8, 4) is 0 Å². The molecule has 0 spiro atoms. The average molecular weight is 233 g/mol. The van der Waals surface area contributed by atoms with Crippen molar-refractivity contribution >= 4 is 23.0 Å². The Bertz CT molecular complexity index is 412. The largest absolute Gasteiger partial charge is 0.340 e. The molecule has 0 bridgehead atoms. The van der Waals surface area contributed by atoms with Crippen LogP contribution in [0.2, 0.25) is 0 Å². The van der Waals surface area contributed by atoms with Gasteiger partial charge in [-0.05, 0) is 36.8 Å². The fourth-order valence-corrected chi connectivity index (χ4v) is 2.75. The Labute approximate surface area is 101 Å². The van der Waals surface area contributed by atoms with Crippen LogP contribution >= 0.6 is 12.2 Å². The van der Waals surface area contributed by atoms with Gasteiger partial charge in [-0.2, -0.15) is 0 Å². The molecule has 4 heteroatoms. The minimum Gasteiger partial charge on any atom is -0.340 e. The summed E-state index contributed by atoms with van der Waals surface area (Å²) in [7, 11) is 0. The number of anilines is 1. The molecular formula is C12H15N3S. The third-order valence-electron chi connectivity index (χ3n) is 3.34. The van der Waals surface area contributed by atoms with E-state index < -0.39 is 0 Å². The molecule has 2 aliphatic rings. The van der Waals surface area contributed by atoms with Gasteiger partial charge >= 0.3 is 0 Å². The quantitative estimate of drug-likeness (QED) is 0.720. The van der Waals surface area contributed by atoms with Crippen LogP contribution in [0.15, 0.2) is 24.3 Å². The second kappa shape index (κ2) is 4.03. The van der Waals surface area contributed by atoms with Gasteiger partial charge in [-0.3, -0.25) is 0 Å². The molecule has 1 aromatic rings. The number of fused-ring (bicyclic) bond motifs is 1. The molecule has 1 unspecified atom stereocenters. The molecule has 2 N–H and O–H groups in total. The number of benzene rings is 1. The van der Waals surface area contributed by atoms with Crippen LogP contribution in [0.1, 0.15) is 12.0 Å². The zero-order chi connectivity index (χ0) is 11.0. The van der Waals surface area contributed by atoms with E-state index in [1.54, 1.807) is 0 Å². The summed E-state index contributed by atoms with van der Waals surface area (Å²) in [4.78, 5) is 2.30. The number of nitrogens with one attached hydrogen (secondary N) is 2. The Balaban J connectivity index is 1.86. The molecule has 1 aromatic carbocycles. The number of hydrogen-bond donors (Lipinski definition) is 2. The fourth-order valence-electron chi connectivity index (χ4n) is 2.42. The molecule has 0 radical (unpaired) electrons. The molecule has 1 atom stereocenters. The van der Waals surface area contributed by atoms with E-state index in [2.05, 4.69) is 33.7 Å². The first-order chi connectivity index (χ1) is 7.84.